The summed E-state index contributed by atoms with van der Waals surface area (Å²) in [4.78, 5) is 52.9. The number of rotatable bonds is 5. The summed E-state index contributed by atoms with van der Waals surface area (Å²) in [6.45, 7) is 13.8. The van der Waals surface area contributed by atoms with E-state index >= 15 is 0 Å². The minimum atomic E-state index is -2.39. The van der Waals surface area contributed by atoms with Crippen LogP contribution in [0, 0.1) is 33.5 Å². The van der Waals surface area contributed by atoms with Crippen LogP contribution in [0.25, 0.3) is 0 Å². The van der Waals surface area contributed by atoms with Gasteiger partial charge in [-0.2, -0.15) is 0 Å². The lowest BCUT2D eigenvalue weighted by molar-refractivity contribution is -0.218. The van der Waals surface area contributed by atoms with Crippen LogP contribution < -0.4 is 0 Å². The number of Topliss-reactive ketones (excluding diaryl/α,β-unsaturated/α-hetero) is 2. The summed E-state index contributed by atoms with van der Waals surface area (Å²) in [5.74, 6) is -4.35. The summed E-state index contributed by atoms with van der Waals surface area (Å²) in [6.07, 6.45) is 1.01. The Kier molecular flexibility index (Phi) is 5.83. The van der Waals surface area contributed by atoms with E-state index in [9.17, 15) is 34.5 Å². The van der Waals surface area contributed by atoms with Gasteiger partial charge in [0.15, 0.2) is 22.6 Å². The van der Waals surface area contributed by atoms with Gasteiger partial charge in [0, 0.05) is 6.42 Å². The number of esters is 1. The van der Waals surface area contributed by atoms with Gasteiger partial charge in [0.1, 0.15) is 0 Å². The highest BCUT2D eigenvalue weighted by atomic mass is 16.5. The number of aliphatic carboxylic acids is 1. The number of hydrogen-bond donors (Lipinski definition) is 3. The second-order valence-corrected chi connectivity index (χ2v) is 12.0. The van der Waals surface area contributed by atoms with Gasteiger partial charge in [0.05, 0.1) is 18.1 Å². The van der Waals surface area contributed by atoms with Crippen molar-refractivity contribution in [2.24, 2.45) is 33.5 Å². The summed E-state index contributed by atoms with van der Waals surface area (Å²) in [5, 5.41) is 31.7. The molecule has 3 aliphatic carbocycles. The van der Waals surface area contributed by atoms with E-state index in [0.29, 0.717) is 18.4 Å². The van der Waals surface area contributed by atoms with E-state index in [0.717, 1.165) is 14.0 Å². The van der Waals surface area contributed by atoms with Crippen LogP contribution in [0.1, 0.15) is 73.6 Å². The predicted octanol–water partition coefficient (Wildman–Crippen LogP) is 2.69. The number of ether oxygens (including phenoxy) is 1. The van der Waals surface area contributed by atoms with Crippen molar-refractivity contribution in [1.82, 2.24) is 0 Å². The van der Waals surface area contributed by atoms with Gasteiger partial charge < -0.3 is 20.1 Å². The smallest absolute Gasteiger partial charge is 0.321 e. The quantitative estimate of drug-likeness (QED) is 0.311. The van der Waals surface area contributed by atoms with Crippen molar-refractivity contribution >= 4 is 23.5 Å². The van der Waals surface area contributed by atoms with Gasteiger partial charge in [0.25, 0.3) is 0 Å². The molecule has 3 saturated carbocycles. The van der Waals surface area contributed by atoms with Gasteiger partial charge in [-0.3, -0.25) is 19.2 Å². The molecule has 34 heavy (non-hydrogen) atoms. The average molecular weight is 479 g/mol. The zero-order valence-corrected chi connectivity index (χ0v) is 21.3. The Morgan fingerprint density at radius 1 is 1.15 bits per heavy atom. The number of carboxylic acid groups (broad SMARTS) is 1. The first-order chi connectivity index (χ1) is 15.3. The van der Waals surface area contributed by atoms with Gasteiger partial charge in [-0.05, 0) is 76.0 Å². The molecule has 190 valence electrons. The standard InChI is InChI=1S/C26H38O8/c1-14-13-16-22(4,11-10-17(27)28)15(21(2,3)32)9-12-23(16,5)26(20(31)34-8)19(30)25(7,33)18(29)24(14,26)6/h15-16,32-33H,1,9-13H2,2-8H3,(H,27,28)/t15-,16-,22+,23+,24-,25-,26-/m0/s1. The SMILES string of the molecule is C=C1C[C@H]2[C@](C)(CCC(=O)O)[C@H](C(C)(C)O)CC[C@@]2(C)[C@@]2(C(=O)OC)C(=O)[C@@](C)(O)C(=O)[C@]12C. The molecule has 0 aromatic rings. The number of hydrogen-bond acceptors (Lipinski definition) is 7. The molecule has 3 fully saturated rings. The monoisotopic (exact) mass is 478 g/mol. The van der Waals surface area contributed by atoms with E-state index < -0.39 is 62.3 Å². The molecule has 0 amide bonds. The number of allylic oxidation sites excluding steroid dienone is 1. The van der Waals surface area contributed by atoms with E-state index in [1.165, 1.54) is 6.92 Å². The Balaban J connectivity index is 2.38. The third-order valence-corrected chi connectivity index (χ3v) is 9.98. The molecule has 0 aliphatic heterocycles. The molecular formula is C26H38O8. The first-order valence-corrected chi connectivity index (χ1v) is 11.8. The van der Waals surface area contributed by atoms with Gasteiger partial charge in [-0.1, -0.05) is 26.0 Å². The van der Waals surface area contributed by atoms with Gasteiger partial charge in [0.2, 0.25) is 0 Å². The molecule has 8 heteroatoms. The molecule has 0 unspecified atom stereocenters. The molecule has 0 aromatic heterocycles. The molecule has 7 atom stereocenters. The van der Waals surface area contributed by atoms with Crippen molar-refractivity contribution in [2.75, 3.05) is 7.11 Å². The van der Waals surface area contributed by atoms with E-state index in [-0.39, 0.29) is 25.2 Å². The highest BCUT2D eigenvalue weighted by molar-refractivity contribution is 6.29. The predicted molar refractivity (Wildman–Crippen MR) is 123 cm³/mol. The fraction of sp³-hybridized carbons (Fsp3) is 0.769. The Morgan fingerprint density at radius 3 is 2.18 bits per heavy atom. The average Bonchev–Trinajstić information content (AvgIpc) is 2.84. The number of carbonyl (C=O) groups is 4. The third-order valence-electron chi connectivity index (χ3n) is 9.98. The van der Waals surface area contributed by atoms with Crippen LogP contribution in [0.15, 0.2) is 12.2 Å². The second-order valence-electron chi connectivity index (χ2n) is 12.0. The molecule has 0 aromatic carbocycles. The highest BCUT2D eigenvalue weighted by Crippen LogP contribution is 2.76. The lowest BCUT2D eigenvalue weighted by Crippen LogP contribution is -2.70. The maximum absolute atomic E-state index is 14.0. The zero-order chi connectivity index (χ0) is 26.3. The van der Waals surface area contributed by atoms with Crippen LogP contribution in [-0.4, -0.2) is 57.1 Å². The Bertz CT molecular complexity index is 974. The first-order valence-electron chi connectivity index (χ1n) is 11.8. The van der Waals surface area contributed by atoms with Gasteiger partial charge >= 0.3 is 11.9 Å². The van der Waals surface area contributed by atoms with E-state index in [1.54, 1.807) is 20.8 Å². The number of aliphatic hydroxyl groups is 2. The minimum Gasteiger partial charge on any atom is -0.481 e. The molecule has 3 aliphatic rings. The second kappa shape index (κ2) is 7.47. The minimum absolute atomic E-state index is 0.158. The van der Waals surface area contributed by atoms with Crippen LogP contribution in [0.5, 0.6) is 0 Å². The summed E-state index contributed by atoms with van der Waals surface area (Å²) in [6, 6.07) is 0. The van der Waals surface area contributed by atoms with Crippen molar-refractivity contribution in [3.63, 3.8) is 0 Å². The van der Waals surface area contributed by atoms with Crippen LogP contribution in [0.3, 0.4) is 0 Å². The summed E-state index contributed by atoms with van der Waals surface area (Å²) < 4.78 is 5.19. The lowest BCUT2D eigenvalue weighted by atomic mass is 9.34. The van der Waals surface area contributed by atoms with Gasteiger partial charge in [-0.25, -0.2) is 0 Å². The zero-order valence-electron chi connectivity index (χ0n) is 21.3. The van der Waals surface area contributed by atoms with E-state index in [4.69, 9.17) is 4.74 Å². The van der Waals surface area contributed by atoms with Gasteiger partial charge in [-0.15, -0.1) is 0 Å². The molecule has 0 bridgehead atoms. The Labute approximate surface area is 200 Å². The van der Waals surface area contributed by atoms with E-state index in [1.807, 2.05) is 6.92 Å². The molecule has 0 radical (unpaired) electrons. The Hall–Kier alpha value is -2.06. The van der Waals surface area contributed by atoms with E-state index in [2.05, 4.69) is 6.58 Å². The van der Waals surface area contributed by atoms with Crippen LogP contribution in [0.4, 0.5) is 0 Å². The summed E-state index contributed by atoms with van der Waals surface area (Å²) in [5.41, 5.74) is -8.88. The number of methoxy groups -OCH3 is 1. The highest BCUT2D eigenvalue weighted by Gasteiger charge is 2.85. The maximum Gasteiger partial charge on any atom is 0.321 e. The molecule has 0 heterocycles. The molecule has 0 saturated heterocycles. The topological polar surface area (TPSA) is 138 Å². The number of carbonyl (C=O) groups excluding carboxylic acids is 3. The molecule has 3 N–H and O–H groups in total. The normalized spacial score (nSPS) is 44.4. The van der Waals surface area contributed by atoms with Crippen LogP contribution in [0.2, 0.25) is 0 Å². The molecule has 8 nitrogen and oxygen atoms in total. The molecule has 3 rings (SSSR count). The molecule has 0 spiro atoms. The maximum atomic E-state index is 14.0. The lowest BCUT2D eigenvalue weighted by Gasteiger charge is -2.67. The summed E-state index contributed by atoms with van der Waals surface area (Å²) >= 11 is 0. The van der Waals surface area contributed by atoms with Crippen molar-refractivity contribution in [1.29, 1.82) is 0 Å². The fourth-order valence-corrected chi connectivity index (χ4v) is 8.45. The number of carboxylic acids is 1. The van der Waals surface area contributed by atoms with Crippen LogP contribution >= 0.6 is 0 Å². The summed E-state index contributed by atoms with van der Waals surface area (Å²) in [7, 11) is 1.16. The van der Waals surface area contributed by atoms with Crippen molar-refractivity contribution < 1.29 is 39.2 Å². The number of ketones is 2. The van der Waals surface area contributed by atoms with Crippen molar-refractivity contribution in [2.45, 2.75) is 84.8 Å². The number of fused-ring (bicyclic) bond motifs is 3. The molecular weight excluding hydrogens is 440 g/mol. The van der Waals surface area contributed by atoms with Crippen molar-refractivity contribution in [3.05, 3.63) is 12.2 Å². The third kappa shape index (κ3) is 2.84. The largest absolute Gasteiger partial charge is 0.481 e. The first kappa shape index (κ1) is 26.5. The van der Waals surface area contributed by atoms with Crippen LogP contribution in [-0.2, 0) is 23.9 Å². The fourth-order valence-electron chi connectivity index (χ4n) is 8.45. The Morgan fingerprint density at radius 2 is 1.71 bits per heavy atom. The van der Waals surface area contributed by atoms with Crippen molar-refractivity contribution in [3.8, 4) is 0 Å².